The first-order valence-corrected chi connectivity index (χ1v) is 3.46. The van der Waals surface area contributed by atoms with Crippen LogP contribution in [-0.2, 0) is 0 Å². The fourth-order valence-corrected chi connectivity index (χ4v) is 0.804. The molecule has 11 heavy (non-hydrogen) atoms. The first kappa shape index (κ1) is 5.86. The lowest BCUT2D eigenvalue weighted by Gasteiger charge is -1.95. The van der Waals surface area contributed by atoms with Crippen LogP contribution >= 0.6 is 23.2 Å². The lowest BCUT2D eigenvalue weighted by Crippen LogP contribution is -1.80. The van der Waals surface area contributed by atoms with Crippen molar-refractivity contribution in [3.63, 3.8) is 0 Å². The van der Waals surface area contributed by atoms with Crippen LogP contribution in [0.3, 0.4) is 0 Å². The molecule has 0 saturated heterocycles. The SMILES string of the molecule is [2H]c1cc(Cl)c(Cl)c([2H])c1/C=N/O. The van der Waals surface area contributed by atoms with Gasteiger partial charge in [-0.3, -0.25) is 0 Å². The smallest absolute Gasteiger partial charge is 0.0734 e. The molecule has 0 saturated carbocycles. The highest BCUT2D eigenvalue weighted by Gasteiger charge is 1.96. The van der Waals surface area contributed by atoms with E-state index in [1.54, 1.807) is 0 Å². The number of halogens is 2. The maximum Gasteiger partial charge on any atom is 0.0734 e. The van der Waals surface area contributed by atoms with E-state index in [9.17, 15) is 0 Å². The molecule has 4 heteroatoms. The molecule has 1 N–H and O–H groups in total. The first-order valence-electron chi connectivity index (χ1n) is 3.70. The third-order valence-electron chi connectivity index (χ3n) is 0.995. The van der Waals surface area contributed by atoms with E-state index in [1.807, 2.05) is 0 Å². The average Bonchev–Trinajstić information content (AvgIpc) is 2.09. The Labute approximate surface area is 76.9 Å². The number of oxime groups is 1. The zero-order valence-electron chi connectivity index (χ0n) is 7.31. The number of hydrogen-bond donors (Lipinski definition) is 1. The predicted molar refractivity (Wildman–Crippen MR) is 45.8 cm³/mol. The third-order valence-corrected chi connectivity index (χ3v) is 1.69. The maximum atomic E-state index is 8.26. The zero-order valence-corrected chi connectivity index (χ0v) is 6.82. The van der Waals surface area contributed by atoms with Gasteiger partial charge in [0.15, 0.2) is 0 Å². The van der Waals surface area contributed by atoms with Crippen LogP contribution in [0.2, 0.25) is 10.0 Å². The summed E-state index contributed by atoms with van der Waals surface area (Å²) < 4.78 is 14.8. The van der Waals surface area contributed by atoms with Crippen LogP contribution in [0, 0.1) is 0 Å². The van der Waals surface area contributed by atoms with E-state index in [2.05, 4.69) is 5.16 Å². The molecule has 2 nitrogen and oxygen atoms in total. The van der Waals surface area contributed by atoms with Crippen molar-refractivity contribution >= 4 is 29.4 Å². The molecule has 1 aromatic rings. The van der Waals surface area contributed by atoms with Gasteiger partial charge in [0.1, 0.15) is 0 Å². The zero-order chi connectivity index (χ0) is 10.0. The van der Waals surface area contributed by atoms with Gasteiger partial charge in [-0.25, -0.2) is 0 Å². The summed E-state index contributed by atoms with van der Waals surface area (Å²) in [6.45, 7) is 0. The van der Waals surface area contributed by atoms with E-state index in [0.29, 0.717) is 0 Å². The monoisotopic (exact) mass is 191 g/mol. The van der Waals surface area contributed by atoms with Crippen molar-refractivity contribution in [3.05, 3.63) is 33.8 Å². The molecule has 0 bridgehead atoms. The largest absolute Gasteiger partial charge is 0.411 e. The molecule has 0 aromatic heterocycles. The van der Waals surface area contributed by atoms with Crippen molar-refractivity contribution in [1.29, 1.82) is 0 Å². The Balaban J connectivity index is 3.43. The van der Waals surface area contributed by atoms with Crippen LogP contribution in [0.25, 0.3) is 0 Å². The summed E-state index contributed by atoms with van der Waals surface area (Å²) in [5.74, 6) is 0. The Bertz CT molecular complexity index is 368. The topological polar surface area (TPSA) is 32.6 Å². The van der Waals surface area contributed by atoms with Crippen LogP contribution in [0.4, 0.5) is 0 Å². The molecule has 0 aliphatic heterocycles. The van der Waals surface area contributed by atoms with Gasteiger partial charge in [-0.05, 0) is 17.7 Å². The van der Waals surface area contributed by atoms with E-state index < -0.39 is 0 Å². The van der Waals surface area contributed by atoms with Crippen LogP contribution in [0.5, 0.6) is 0 Å². The molecule has 1 aromatic carbocycles. The molecule has 0 aliphatic rings. The van der Waals surface area contributed by atoms with E-state index in [0.717, 1.165) is 6.21 Å². The average molecular weight is 192 g/mol. The van der Waals surface area contributed by atoms with Gasteiger partial charge < -0.3 is 5.21 Å². The molecular weight excluding hydrogens is 185 g/mol. The molecule has 0 atom stereocenters. The van der Waals surface area contributed by atoms with Gasteiger partial charge in [0.25, 0.3) is 0 Å². The molecule has 0 fully saturated rings. The summed E-state index contributed by atoms with van der Waals surface area (Å²) in [6, 6.07) is 1.17. The maximum absolute atomic E-state index is 8.26. The fourth-order valence-electron chi connectivity index (χ4n) is 0.546. The summed E-state index contributed by atoms with van der Waals surface area (Å²) in [4.78, 5) is 0. The molecule has 58 valence electrons. The Morgan fingerprint density at radius 1 is 1.55 bits per heavy atom. The first-order chi connectivity index (χ1) is 6.07. The van der Waals surface area contributed by atoms with Gasteiger partial charge in [-0.1, -0.05) is 34.4 Å². The highest BCUT2D eigenvalue weighted by atomic mass is 35.5. The van der Waals surface area contributed by atoms with Crippen LogP contribution < -0.4 is 0 Å². The van der Waals surface area contributed by atoms with Gasteiger partial charge in [0.2, 0.25) is 0 Å². The standard InChI is InChI=1S/C7H5Cl2NO/c8-6-2-1-5(4-10-11)3-7(6)9/h1-4,11H/b10-4+/i1D,3D. The summed E-state index contributed by atoms with van der Waals surface area (Å²) >= 11 is 11.3. The Morgan fingerprint density at radius 3 is 2.91 bits per heavy atom. The minimum atomic E-state index is -0.114. The Morgan fingerprint density at radius 2 is 2.27 bits per heavy atom. The van der Waals surface area contributed by atoms with Gasteiger partial charge in [0, 0.05) is 0 Å². The fraction of sp³-hybridized carbons (Fsp3) is 0. The van der Waals surface area contributed by atoms with Crippen molar-refractivity contribution in [2.45, 2.75) is 0 Å². The van der Waals surface area contributed by atoms with Crippen molar-refractivity contribution in [2.75, 3.05) is 0 Å². The second-order valence-electron chi connectivity index (χ2n) is 1.73. The minimum Gasteiger partial charge on any atom is -0.411 e. The van der Waals surface area contributed by atoms with Crippen molar-refractivity contribution in [2.24, 2.45) is 5.16 Å². The van der Waals surface area contributed by atoms with Crippen molar-refractivity contribution in [3.8, 4) is 0 Å². The summed E-state index contributed by atoms with van der Waals surface area (Å²) in [5.41, 5.74) is 0.136. The number of rotatable bonds is 1. The Hall–Kier alpha value is -0.730. The molecule has 0 aliphatic carbocycles. The van der Waals surface area contributed by atoms with Crippen molar-refractivity contribution < 1.29 is 7.95 Å². The third kappa shape index (κ3) is 2.10. The van der Waals surface area contributed by atoms with Crippen LogP contribution in [-0.4, -0.2) is 11.4 Å². The lowest BCUT2D eigenvalue weighted by molar-refractivity contribution is 0.322. The Kier molecular flexibility index (Phi) is 1.92. The highest BCUT2D eigenvalue weighted by Crippen LogP contribution is 2.21. The van der Waals surface area contributed by atoms with E-state index in [4.69, 9.17) is 31.2 Å². The van der Waals surface area contributed by atoms with E-state index in [-0.39, 0.29) is 27.7 Å². The predicted octanol–water partition coefficient (Wildman–Crippen LogP) is 2.80. The number of nitrogens with zero attached hydrogens (tertiary/aromatic N) is 1. The van der Waals surface area contributed by atoms with Gasteiger partial charge in [-0.2, -0.15) is 0 Å². The lowest BCUT2D eigenvalue weighted by atomic mass is 10.2. The van der Waals surface area contributed by atoms with Gasteiger partial charge >= 0.3 is 0 Å². The number of hydrogen-bond acceptors (Lipinski definition) is 2. The second kappa shape index (κ2) is 3.60. The summed E-state index contributed by atoms with van der Waals surface area (Å²) in [6.07, 6.45) is 0.979. The minimum absolute atomic E-state index is 0.00259. The van der Waals surface area contributed by atoms with Gasteiger partial charge in [-0.15, -0.1) is 0 Å². The van der Waals surface area contributed by atoms with Crippen LogP contribution in [0.1, 0.15) is 8.30 Å². The second-order valence-corrected chi connectivity index (χ2v) is 2.52. The quantitative estimate of drug-likeness (QED) is 0.414. The van der Waals surface area contributed by atoms with E-state index >= 15 is 0 Å². The normalized spacial score (nSPS) is 13.3. The summed E-state index contributed by atoms with van der Waals surface area (Å²) in [7, 11) is 0. The highest BCUT2D eigenvalue weighted by molar-refractivity contribution is 6.42. The molecule has 0 spiro atoms. The van der Waals surface area contributed by atoms with Crippen LogP contribution in [0.15, 0.2) is 23.3 Å². The van der Waals surface area contributed by atoms with E-state index in [1.165, 1.54) is 6.07 Å². The molecule has 0 heterocycles. The summed E-state index contributed by atoms with van der Waals surface area (Å²) in [5, 5.41) is 11.2. The number of benzene rings is 1. The van der Waals surface area contributed by atoms with Crippen molar-refractivity contribution in [1.82, 2.24) is 0 Å². The van der Waals surface area contributed by atoms with Gasteiger partial charge in [0.05, 0.1) is 19.0 Å². The molecule has 0 amide bonds. The molecule has 1 rings (SSSR count). The molecule has 0 unspecified atom stereocenters. The molecular formula is C7H5Cl2NO. The molecule has 0 radical (unpaired) electrons.